The maximum atomic E-state index is 11.3. The van der Waals surface area contributed by atoms with Crippen molar-refractivity contribution in [1.29, 1.82) is 0 Å². The van der Waals surface area contributed by atoms with Crippen molar-refractivity contribution in [2.45, 2.75) is 40.0 Å². The smallest absolute Gasteiger partial charge is 0.307 e. The van der Waals surface area contributed by atoms with E-state index in [-0.39, 0.29) is 5.92 Å². The van der Waals surface area contributed by atoms with E-state index in [1.165, 1.54) is 32.7 Å². The number of carboxylic acid groups (broad SMARTS) is 1. The second-order valence-corrected chi connectivity index (χ2v) is 8.55. The second kappa shape index (κ2) is 8.85. The molecule has 0 amide bonds. The molecule has 1 fully saturated rings. The van der Waals surface area contributed by atoms with Crippen LogP contribution in [-0.4, -0.2) is 35.6 Å². The molecule has 2 aromatic rings. The number of hydrogen-bond acceptors (Lipinski definition) is 3. The number of aryl methyl sites for hydroxylation is 3. The minimum atomic E-state index is -0.652. The van der Waals surface area contributed by atoms with Gasteiger partial charge in [0.15, 0.2) is 0 Å². The molecule has 0 bridgehead atoms. The van der Waals surface area contributed by atoms with E-state index in [9.17, 15) is 9.90 Å². The minimum absolute atomic E-state index is 0.207. The molecule has 144 valence electrons. The van der Waals surface area contributed by atoms with Gasteiger partial charge in [0.05, 0.1) is 5.92 Å². The number of likely N-dealkylation sites (tertiary alicyclic amines) is 1. The predicted octanol–water partition coefficient (Wildman–Crippen LogP) is 5.29. The lowest BCUT2D eigenvalue weighted by molar-refractivity contribution is -0.143. The minimum Gasteiger partial charge on any atom is -0.481 e. The van der Waals surface area contributed by atoms with Crippen molar-refractivity contribution in [2.75, 3.05) is 19.6 Å². The number of thiophene rings is 1. The lowest BCUT2D eigenvalue weighted by atomic mass is 9.95. The van der Waals surface area contributed by atoms with Crippen molar-refractivity contribution in [3.05, 3.63) is 62.9 Å². The van der Waals surface area contributed by atoms with E-state index < -0.39 is 5.97 Å². The summed E-state index contributed by atoms with van der Waals surface area (Å²) >= 11 is 1.80. The van der Waals surface area contributed by atoms with Crippen LogP contribution in [0, 0.1) is 26.7 Å². The number of rotatable bonds is 6. The van der Waals surface area contributed by atoms with Gasteiger partial charge in [-0.3, -0.25) is 4.79 Å². The van der Waals surface area contributed by atoms with Crippen LogP contribution in [0.1, 0.15) is 46.4 Å². The van der Waals surface area contributed by atoms with Crippen molar-refractivity contribution in [3.8, 4) is 0 Å². The summed E-state index contributed by atoms with van der Waals surface area (Å²) in [5.74, 6) is -0.860. The Kier molecular flexibility index (Phi) is 6.51. The molecule has 0 saturated carbocycles. The highest BCUT2D eigenvalue weighted by molar-refractivity contribution is 7.11. The fourth-order valence-corrected chi connectivity index (χ4v) is 4.92. The van der Waals surface area contributed by atoms with Crippen LogP contribution in [0.5, 0.6) is 0 Å². The largest absolute Gasteiger partial charge is 0.481 e. The normalized spacial score (nSPS) is 18.6. The van der Waals surface area contributed by atoms with E-state index in [4.69, 9.17) is 0 Å². The van der Waals surface area contributed by atoms with E-state index >= 15 is 0 Å². The molecule has 4 heteroatoms. The van der Waals surface area contributed by atoms with Crippen LogP contribution in [0.15, 0.2) is 35.7 Å². The molecule has 1 N–H and O–H groups in total. The molecule has 1 aromatic carbocycles. The average Bonchev–Trinajstić information content (AvgIpc) is 3.05. The van der Waals surface area contributed by atoms with E-state index in [0.29, 0.717) is 6.54 Å². The summed E-state index contributed by atoms with van der Waals surface area (Å²) in [6.07, 6.45) is 5.08. The summed E-state index contributed by atoms with van der Waals surface area (Å²) in [7, 11) is 0. The van der Waals surface area contributed by atoms with Crippen molar-refractivity contribution < 1.29 is 9.90 Å². The lowest BCUT2D eigenvalue weighted by Gasteiger charge is -2.30. The number of piperidine rings is 1. The highest BCUT2D eigenvalue weighted by Gasteiger charge is 2.24. The first-order valence-corrected chi connectivity index (χ1v) is 10.6. The Morgan fingerprint density at radius 2 is 2.07 bits per heavy atom. The summed E-state index contributed by atoms with van der Waals surface area (Å²) in [6.45, 7) is 9.09. The topological polar surface area (TPSA) is 40.5 Å². The number of carbonyl (C=O) groups is 1. The molecule has 1 aliphatic heterocycles. The van der Waals surface area contributed by atoms with Gasteiger partial charge in [0, 0.05) is 18.0 Å². The third-order valence-electron chi connectivity index (χ3n) is 5.43. The SMILES string of the molecule is Cc1ccc(/C(=C/CCN2CCCC(C(=O)O)C2)c2sccc2C)c(C)c1. The zero-order chi connectivity index (χ0) is 19.4. The fraction of sp³-hybridized carbons (Fsp3) is 0.435. The van der Waals surface area contributed by atoms with E-state index in [1.54, 1.807) is 11.3 Å². The third-order valence-corrected chi connectivity index (χ3v) is 6.48. The van der Waals surface area contributed by atoms with Gasteiger partial charge in [0.1, 0.15) is 0 Å². The summed E-state index contributed by atoms with van der Waals surface area (Å²) in [5, 5.41) is 11.4. The zero-order valence-corrected chi connectivity index (χ0v) is 17.3. The van der Waals surface area contributed by atoms with Gasteiger partial charge in [-0.2, -0.15) is 0 Å². The van der Waals surface area contributed by atoms with Crippen molar-refractivity contribution in [3.63, 3.8) is 0 Å². The third kappa shape index (κ3) is 4.88. The molecule has 27 heavy (non-hydrogen) atoms. The van der Waals surface area contributed by atoms with Crippen LogP contribution in [0.25, 0.3) is 5.57 Å². The first kappa shape index (κ1) is 19.8. The van der Waals surface area contributed by atoms with Gasteiger partial charge in [-0.25, -0.2) is 0 Å². The Morgan fingerprint density at radius 3 is 2.74 bits per heavy atom. The van der Waals surface area contributed by atoms with Gasteiger partial charge in [-0.15, -0.1) is 11.3 Å². The molecule has 1 saturated heterocycles. The monoisotopic (exact) mass is 383 g/mol. The van der Waals surface area contributed by atoms with Crippen molar-refractivity contribution in [2.24, 2.45) is 5.92 Å². The Morgan fingerprint density at radius 1 is 1.26 bits per heavy atom. The molecule has 0 radical (unpaired) electrons. The summed E-state index contributed by atoms with van der Waals surface area (Å²) < 4.78 is 0. The highest BCUT2D eigenvalue weighted by Crippen LogP contribution is 2.33. The van der Waals surface area contributed by atoms with Crippen LogP contribution in [0.4, 0.5) is 0 Å². The van der Waals surface area contributed by atoms with Crippen LogP contribution in [0.2, 0.25) is 0 Å². The van der Waals surface area contributed by atoms with Gasteiger partial charge in [0.2, 0.25) is 0 Å². The van der Waals surface area contributed by atoms with Gasteiger partial charge in [-0.1, -0.05) is 29.8 Å². The quantitative estimate of drug-likeness (QED) is 0.737. The molecule has 0 spiro atoms. The Hall–Kier alpha value is -1.91. The first-order chi connectivity index (χ1) is 13.0. The molecular formula is C23H29NO2S. The summed E-state index contributed by atoms with van der Waals surface area (Å²) in [4.78, 5) is 14.9. The Balaban J connectivity index is 1.79. The number of carboxylic acids is 1. The van der Waals surface area contributed by atoms with Crippen molar-refractivity contribution in [1.82, 2.24) is 4.90 Å². The molecule has 1 atom stereocenters. The molecule has 1 unspecified atom stereocenters. The number of benzene rings is 1. The molecule has 2 heterocycles. The summed E-state index contributed by atoms with van der Waals surface area (Å²) in [6, 6.07) is 8.84. The lowest BCUT2D eigenvalue weighted by Crippen LogP contribution is -2.39. The van der Waals surface area contributed by atoms with E-state index in [2.05, 4.69) is 61.4 Å². The number of hydrogen-bond donors (Lipinski definition) is 1. The Labute approximate surface area is 166 Å². The maximum absolute atomic E-state index is 11.3. The number of nitrogens with zero attached hydrogens (tertiary/aromatic N) is 1. The highest BCUT2D eigenvalue weighted by atomic mass is 32.1. The van der Waals surface area contributed by atoms with Crippen LogP contribution >= 0.6 is 11.3 Å². The summed E-state index contributed by atoms with van der Waals surface area (Å²) in [5.41, 5.74) is 6.51. The van der Waals surface area contributed by atoms with Crippen LogP contribution in [0.3, 0.4) is 0 Å². The standard InChI is InChI=1S/C23H29NO2S/c1-16-8-9-20(18(3)14-16)21(22-17(2)10-13-27-22)7-5-12-24-11-4-6-19(15-24)23(25)26/h7-10,13-14,19H,4-6,11-12,15H2,1-3H3,(H,25,26)/b21-7-. The molecule has 1 aromatic heterocycles. The predicted molar refractivity (Wildman–Crippen MR) is 113 cm³/mol. The Bertz CT molecular complexity index is 837. The van der Waals surface area contributed by atoms with Gasteiger partial charge in [-0.05, 0) is 80.3 Å². The molecule has 3 rings (SSSR count). The second-order valence-electron chi connectivity index (χ2n) is 7.64. The van der Waals surface area contributed by atoms with Crippen LogP contribution < -0.4 is 0 Å². The van der Waals surface area contributed by atoms with Gasteiger partial charge < -0.3 is 10.0 Å². The molecule has 3 nitrogen and oxygen atoms in total. The molecule has 1 aliphatic rings. The van der Waals surface area contributed by atoms with E-state index in [1.807, 2.05) is 0 Å². The maximum Gasteiger partial charge on any atom is 0.307 e. The van der Waals surface area contributed by atoms with Gasteiger partial charge in [0.25, 0.3) is 0 Å². The first-order valence-electron chi connectivity index (χ1n) is 9.73. The number of aliphatic carboxylic acids is 1. The van der Waals surface area contributed by atoms with E-state index in [0.717, 1.165) is 32.4 Å². The fourth-order valence-electron chi connectivity index (χ4n) is 3.94. The van der Waals surface area contributed by atoms with Crippen LogP contribution in [-0.2, 0) is 4.79 Å². The molecular weight excluding hydrogens is 354 g/mol. The molecule has 0 aliphatic carbocycles. The average molecular weight is 384 g/mol. The zero-order valence-electron chi connectivity index (χ0n) is 16.5. The van der Waals surface area contributed by atoms with Crippen molar-refractivity contribution >= 4 is 22.9 Å². The van der Waals surface area contributed by atoms with Gasteiger partial charge >= 0.3 is 5.97 Å².